The number of nitrogens with zero attached hydrogens (tertiary/aromatic N) is 1. The summed E-state index contributed by atoms with van der Waals surface area (Å²) in [4.78, 5) is 12.3. The van der Waals surface area contributed by atoms with E-state index >= 15 is 0 Å². The first kappa shape index (κ1) is 12.9. The molecule has 1 aromatic carbocycles. The molecule has 1 N–H and O–H groups in total. The quantitative estimate of drug-likeness (QED) is 0.929. The smallest absolute Gasteiger partial charge is 0.257 e. The van der Waals surface area contributed by atoms with Crippen LogP contribution in [0.15, 0.2) is 34.9 Å². The first-order valence-electron chi connectivity index (χ1n) is 7.01. The zero-order chi connectivity index (χ0) is 14.1. The largest absolute Gasteiger partial charge is 0.361 e. The molecular formula is C16H18N2O2. The van der Waals surface area contributed by atoms with Gasteiger partial charge in [-0.05, 0) is 25.3 Å². The van der Waals surface area contributed by atoms with Gasteiger partial charge in [0.1, 0.15) is 11.3 Å². The molecule has 2 aromatic rings. The molecule has 0 radical (unpaired) electrons. The van der Waals surface area contributed by atoms with Gasteiger partial charge in [-0.15, -0.1) is 0 Å². The fourth-order valence-corrected chi connectivity index (χ4v) is 2.61. The van der Waals surface area contributed by atoms with Crippen LogP contribution in [0.4, 0.5) is 0 Å². The highest BCUT2D eigenvalue weighted by molar-refractivity contribution is 5.96. The maximum Gasteiger partial charge on any atom is 0.257 e. The van der Waals surface area contributed by atoms with Crippen molar-refractivity contribution in [2.45, 2.75) is 38.6 Å². The average Bonchev–Trinajstić information content (AvgIpc) is 3.12. The third kappa shape index (κ3) is 2.33. The van der Waals surface area contributed by atoms with Gasteiger partial charge in [0.05, 0.1) is 5.69 Å². The van der Waals surface area contributed by atoms with Crippen LogP contribution in [0.5, 0.6) is 0 Å². The van der Waals surface area contributed by atoms with Crippen LogP contribution in [-0.2, 0) is 6.42 Å². The maximum absolute atomic E-state index is 12.3. The molecule has 4 nitrogen and oxygen atoms in total. The molecule has 20 heavy (non-hydrogen) atoms. The molecule has 1 heterocycles. The van der Waals surface area contributed by atoms with Gasteiger partial charge in [0.15, 0.2) is 0 Å². The van der Waals surface area contributed by atoms with Gasteiger partial charge in [-0.3, -0.25) is 4.79 Å². The van der Waals surface area contributed by atoms with E-state index in [0.29, 0.717) is 23.7 Å². The summed E-state index contributed by atoms with van der Waals surface area (Å²) in [5.74, 6) is 0.964. The van der Waals surface area contributed by atoms with E-state index in [1.54, 1.807) is 6.92 Å². The average molecular weight is 270 g/mol. The Bertz CT molecular complexity index is 619. The van der Waals surface area contributed by atoms with E-state index in [0.717, 1.165) is 12.1 Å². The van der Waals surface area contributed by atoms with E-state index in [1.807, 2.05) is 25.1 Å². The van der Waals surface area contributed by atoms with Crippen LogP contribution in [-0.4, -0.2) is 17.1 Å². The van der Waals surface area contributed by atoms with Gasteiger partial charge >= 0.3 is 0 Å². The summed E-state index contributed by atoms with van der Waals surface area (Å²) in [6.45, 7) is 3.75. The molecule has 0 unspecified atom stereocenters. The minimum absolute atomic E-state index is 0.0657. The minimum Gasteiger partial charge on any atom is -0.361 e. The summed E-state index contributed by atoms with van der Waals surface area (Å²) >= 11 is 0. The molecule has 1 aliphatic rings. The van der Waals surface area contributed by atoms with Gasteiger partial charge in [-0.1, -0.05) is 42.4 Å². The molecule has 0 saturated heterocycles. The first-order valence-corrected chi connectivity index (χ1v) is 7.01. The van der Waals surface area contributed by atoms with E-state index < -0.39 is 0 Å². The second-order valence-electron chi connectivity index (χ2n) is 5.25. The Labute approximate surface area is 118 Å². The van der Waals surface area contributed by atoms with Crippen molar-refractivity contribution < 1.29 is 9.32 Å². The zero-order valence-corrected chi connectivity index (χ0v) is 11.7. The Hall–Kier alpha value is -2.10. The Balaban J connectivity index is 1.68. The number of carbonyl (C=O) groups excluding carboxylic acids is 1. The second-order valence-corrected chi connectivity index (χ2v) is 5.25. The van der Waals surface area contributed by atoms with E-state index in [9.17, 15) is 4.79 Å². The van der Waals surface area contributed by atoms with Crippen LogP contribution in [0.25, 0.3) is 0 Å². The third-order valence-electron chi connectivity index (χ3n) is 3.83. The monoisotopic (exact) mass is 270 g/mol. The summed E-state index contributed by atoms with van der Waals surface area (Å²) in [7, 11) is 0. The van der Waals surface area contributed by atoms with Gasteiger partial charge in [-0.2, -0.15) is 0 Å². The summed E-state index contributed by atoms with van der Waals surface area (Å²) < 4.78 is 5.11. The van der Waals surface area contributed by atoms with Crippen molar-refractivity contribution in [3.8, 4) is 0 Å². The maximum atomic E-state index is 12.3. The standard InChI is InChI=1S/C16H18N2O2/c1-3-13-15(10(2)20-18-13)16(19)17-14-9-12(14)11-7-5-4-6-8-11/h4-8,12,14H,3,9H2,1-2H3,(H,17,19)/t12-,14+/m1/s1. The van der Waals surface area contributed by atoms with Crippen LogP contribution in [0, 0.1) is 6.92 Å². The van der Waals surface area contributed by atoms with Gasteiger partial charge in [0, 0.05) is 12.0 Å². The third-order valence-corrected chi connectivity index (χ3v) is 3.83. The number of nitrogens with one attached hydrogen (secondary N) is 1. The molecule has 104 valence electrons. The van der Waals surface area contributed by atoms with Gasteiger partial charge in [0.2, 0.25) is 0 Å². The first-order chi connectivity index (χ1) is 9.70. The molecule has 0 bridgehead atoms. The highest BCUT2D eigenvalue weighted by Crippen LogP contribution is 2.40. The van der Waals surface area contributed by atoms with Crippen molar-refractivity contribution in [3.63, 3.8) is 0 Å². The van der Waals surface area contributed by atoms with Crippen molar-refractivity contribution in [1.29, 1.82) is 0 Å². The number of carbonyl (C=O) groups is 1. The lowest BCUT2D eigenvalue weighted by atomic mass is 10.1. The predicted molar refractivity (Wildman–Crippen MR) is 75.7 cm³/mol. The number of hydrogen-bond acceptors (Lipinski definition) is 3. The number of amides is 1. The number of benzene rings is 1. The van der Waals surface area contributed by atoms with Crippen LogP contribution in [0.2, 0.25) is 0 Å². The lowest BCUT2D eigenvalue weighted by molar-refractivity contribution is 0.0948. The summed E-state index contributed by atoms with van der Waals surface area (Å²) in [5, 5.41) is 7.01. The van der Waals surface area contributed by atoms with Gasteiger partial charge in [0.25, 0.3) is 5.91 Å². The minimum atomic E-state index is -0.0657. The highest BCUT2D eigenvalue weighted by Gasteiger charge is 2.40. The molecule has 1 amide bonds. The summed E-state index contributed by atoms with van der Waals surface area (Å²) in [6.07, 6.45) is 1.70. The number of hydrogen-bond donors (Lipinski definition) is 1. The fourth-order valence-electron chi connectivity index (χ4n) is 2.61. The van der Waals surface area contributed by atoms with Crippen LogP contribution >= 0.6 is 0 Å². The van der Waals surface area contributed by atoms with E-state index in [4.69, 9.17) is 4.52 Å². The molecule has 0 spiro atoms. The zero-order valence-electron chi connectivity index (χ0n) is 11.7. The van der Waals surface area contributed by atoms with Crippen LogP contribution < -0.4 is 5.32 Å². The molecule has 1 aromatic heterocycles. The molecule has 2 atom stereocenters. The molecule has 1 saturated carbocycles. The molecule has 4 heteroatoms. The Kier molecular flexibility index (Phi) is 3.30. The molecule has 3 rings (SSSR count). The topological polar surface area (TPSA) is 55.1 Å². The fraction of sp³-hybridized carbons (Fsp3) is 0.375. The van der Waals surface area contributed by atoms with Crippen molar-refractivity contribution in [2.24, 2.45) is 0 Å². The SMILES string of the molecule is CCc1noc(C)c1C(=O)N[C@H]1C[C@@H]1c1ccccc1. The van der Waals surface area contributed by atoms with E-state index in [-0.39, 0.29) is 11.9 Å². The summed E-state index contributed by atoms with van der Waals surface area (Å²) in [6, 6.07) is 10.5. The van der Waals surface area contributed by atoms with Crippen molar-refractivity contribution in [1.82, 2.24) is 10.5 Å². The normalized spacial score (nSPS) is 20.7. The van der Waals surface area contributed by atoms with E-state index in [1.165, 1.54) is 5.56 Å². The van der Waals surface area contributed by atoms with Crippen LogP contribution in [0.1, 0.15) is 46.6 Å². The second kappa shape index (κ2) is 5.12. The number of rotatable bonds is 4. The van der Waals surface area contributed by atoms with Gasteiger partial charge in [-0.25, -0.2) is 0 Å². The van der Waals surface area contributed by atoms with Crippen molar-refractivity contribution in [3.05, 3.63) is 52.9 Å². The molecule has 0 aliphatic heterocycles. The predicted octanol–water partition coefficient (Wildman–Crippen LogP) is 2.83. The number of aromatic nitrogens is 1. The number of aryl methyl sites for hydroxylation is 2. The Morgan fingerprint density at radius 3 is 2.85 bits per heavy atom. The highest BCUT2D eigenvalue weighted by atomic mass is 16.5. The molecule has 1 aliphatic carbocycles. The lowest BCUT2D eigenvalue weighted by Gasteiger charge is -2.05. The van der Waals surface area contributed by atoms with Crippen molar-refractivity contribution >= 4 is 5.91 Å². The lowest BCUT2D eigenvalue weighted by Crippen LogP contribution is -2.27. The van der Waals surface area contributed by atoms with Crippen LogP contribution in [0.3, 0.4) is 0 Å². The molecule has 1 fully saturated rings. The van der Waals surface area contributed by atoms with Gasteiger partial charge < -0.3 is 9.84 Å². The van der Waals surface area contributed by atoms with E-state index in [2.05, 4.69) is 22.6 Å². The van der Waals surface area contributed by atoms with Crippen molar-refractivity contribution in [2.75, 3.05) is 0 Å². The Morgan fingerprint density at radius 2 is 2.15 bits per heavy atom. The summed E-state index contributed by atoms with van der Waals surface area (Å²) in [5.41, 5.74) is 2.62. The molecular weight excluding hydrogens is 252 g/mol. The Morgan fingerprint density at radius 1 is 1.40 bits per heavy atom.